The fourth-order valence-electron chi connectivity index (χ4n) is 3.58. The Balaban J connectivity index is 2.04. The molecule has 0 saturated carbocycles. The smallest absolute Gasteiger partial charge is 0.356 e. The van der Waals surface area contributed by atoms with E-state index in [2.05, 4.69) is 60.7 Å². The van der Waals surface area contributed by atoms with E-state index >= 15 is 0 Å². The predicted octanol–water partition coefficient (Wildman–Crippen LogP) is 4.37. The summed E-state index contributed by atoms with van der Waals surface area (Å²) < 4.78 is 11.8. The van der Waals surface area contributed by atoms with E-state index in [1.807, 2.05) is 10.6 Å². The molecule has 3 aromatic rings. The van der Waals surface area contributed by atoms with Crippen molar-refractivity contribution in [1.82, 2.24) is 9.55 Å². The summed E-state index contributed by atoms with van der Waals surface area (Å²) in [7, 11) is 2.77. The molecule has 0 saturated heterocycles. The molecule has 33 heavy (non-hydrogen) atoms. The maximum Gasteiger partial charge on any atom is 0.356 e. The Labute approximate surface area is 194 Å². The van der Waals surface area contributed by atoms with Crippen molar-refractivity contribution >= 4 is 34.3 Å². The molecule has 0 aliphatic heterocycles. The van der Waals surface area contributed by atoms with Gasteiger partial charge in [0.15, 0.2) is 5.69 Å². The number of carbonyl (C=O) groups excluding carboxylic acids is 2. The van der Waals surface area contributed by atoms with Crippen molar-refractivity contribution in [2.75, 3.05) is 31.5 Å². The van der Waals surface area contributed by atoms with E-state index in [0.717, 1.165) is 17.7 Å². The highest BCUT2D eigenvalue weighted by Crippen LogP contribution is 2.33. The average Bonchev–Trinajstić information content (AvgIpc) is 3.09. The van der Waals surface area contributed by atoms with Crippen molar-refractivity contribution < 1.29 is 19.1 Å². The highest BCUT2D eigenvalue weighted by molar-refractivity contribution is 6.11. The molecule has 0 unspecified atom stereocenters. The largest absolute Gasteiger partial charge is 0.464 e. The van der Waals surface area contributed by atoms with Crippen LogP contribution in [0.1, 0.15) is 41.9 Å². The molecule has 2 heterocycles. The highest BCUT2D eigenvalue weighted by atomic mass is 16.5. The summed E-state index contributed by atoms with van der Waals surface area (Å²) in [5, 5.41) is 6.87. The molecule has 1 aromatic carbocycles. The van der Waals surface area contributed by atoms with E-state index in [1.54, 1.807) is 6.20 Å². The number of benzene rings is 1. The number of anilines is 2. The quantitative estimate of drug-likeness (QED) is 0.444. The van der Waals surface area contributed by atoms with Crippen LogP contribution in [-0.4, -0.2) is 42.3 Å². The Morgan fingerprint density at radius 3 is 2.52 bits per heavy atom. The van der Waals surface area contributed by atoms with Gasteiger partial charge in [-0.25, -0.2) is 9.78 Å². The number of rotatable bonds is 10. The molecule has 0 aliphatic rings. The number of hydrogen-bond donors (Lipinski definition) is 2. The second-order valence-electron chi connectivity index (χ2n) is 8.46. The van der Waals surface area contributed by atoms with Crippen LogP contribution in [-0.2, 0) is 27.4 Å². The zero-order chi connectivity index (χ0) is 24.0. The second kappa shape index (κ2) is 11.0. The van der Waals surface area contributed by atoms with Gasteiger partial charge in [-0.3, -0.25) is 4.79 Å². The number of aryl methyl sites for hydroxylation is 2. The summed E-state index contributed by atoms with van der Waals surface area (Å²) in [5.41, 5.74) is 4.40. The third-order valence-corrected chi connectivity index (χ3v) is 5.36. The minimum absolute atomic E-state index is 0.127. The molecule has 0 spiro atoms. The Morgan fingerprint density at radius 2 is 1.88 bits per heavy atom. The maximum atomic E-state index is 12.8. The van der Waals surface area contributed by atoms with Gasteiger partial charge in [-0.1, -0.05) is 43.7 Å². The molecule has 1 amide bonds. The van der Waals surface area contributed by atoms with Crippen LogP contribution in [0.3, 0.4) is 0 Å². The first-order chi connectivity index (χ1) is 15.8. The lowest BCUT2D eigenvalue weighted by atomic mass is 10.1. The first-order valence-corrected chi connectivity index (χ1v) is 11.0. The molecule has 0 atom stereocenters. The lowest BCUT2D eigenvalue weighted by Gasteiger charge is -2.12. The molecule has 0 radical (unpaired) electrons. The van der Waals surface area contributed by atoms with Crippen LogP contribution in [0, 0.1) is 12.8 Å². The van der Waals surface area contributed by atoms with Gasteiger partial charge in [-0.05, 0) is 30.9 Å². The average molecular weight is 453 g/mol. The summed E-state index contributed by atoms with van der Waals surface area (Å²) in [6.07, 6.45) is 2.58. The fourth-order valence-corrected chi connectivity index (χ4v) is 3.58. The van der Waals surface area contributed by atoms with E-state index in [4.69, 9.17) is 9.47 Å². The number of fused-ring (bicyclic) bond motifs is 1. The van der Waals surface area contributed by atoms with Gasteiger partial charge in [-0.2, -0.15) is 0 Å². The molecule has 8 heteroatoms. The number of carbonyl (C=O) groups is 2. The third-order valence-electron chi connectivity index (χ3n) is 5.36. The number of nitrogens with one attached hydrogen (secondary N) is 2. The number of pyridine rings is 1. The van der Waals surface area contributed by atoms with Gasteiger partial charge in [-0.15, -0.1) is 0 Å². The van der Waals surface area contributed by atoms with Crippen molar-refractivity contribution in [1.29, 1.82) is 0 Å². The van der Waals surface area contributed by atoms with Gasteiger partial charge >= 0.3 is 5.97 Å². The van der Waals surface area contributed by atoms with Gasteiger partial charge in [0, 0.05) is 25.6 Å². The van der Waals surface area contributed by atoms with Crippen LogP contribution in [0.15, 0.2) is 36.5 Å². The first-order valence-electron chi connectivity index (χ1n) is 11.0. The van der Waals surface area contributed by atoms with Crippen LogP contribution >= 0.6 is 0 Å². The van der Waals surface area contributed by atoms with Gasteiger partial charge < -0.3 is 24.7 Å². The SMILES string of the molecule is COCC(=O)Nc1c(C(=O)OC)n(CCC(C)C)c2ncc(NCc3ccc(C)cc3)cc12. The van der Waals surface area contributed by atoms with Crippen molar-refractivity contribution in [2.24, 2.45) is 5.92 Å². The molecule has 0 aliphatic carbocycles. The van der Waals surface area contributed by atoms with E-state index in [0.29, 0.717) is 35.7 Å². The van der Waals surface area contributed by atoms with Crippen LogP contribution in [0.4, 0.5) is 11.4 Å². The van der Waals surface area contributed by atoms with Crippen molar-refractivity contribution in [2.45, 2.75) is 40.3 Å². The monoisotopic (exact) mass is 452 g/mol. The zero-order valence-electron chi connectivity index (χ0n) is 19.9. The molecule has 0 fully saturated rings. The second-order valence-corrected chi connectivity index (χ2v) is 8.46. The van der Waals surface area contributed by atoms with Gasteiger partial charge in [0.05, 0.1) is 24.7 Å². The van der Waals surface area contributed by atoms with Crippen molar-refractivity contribution in [3.8, 4) is 0 Å². The number of ether oxygens (including phenoxy) is 2. The molecular formula is C25H32N4O4. The highest BCUT2D eigenvalue weighted by Gasteiger charge is 2.26. The van der Waals surface area contributed by atoms with Crippen molar-refractivity contribution in [3.05, 3.63) is 53.3 Å². The normalized spacial score (nSPS) is 11.1. The lowest BCUT2D eigenvalue weighted by molar-refractivity contribution is -0.119. The molecule has 3 rings (SSSR count). The maximum absolute atomic E-state index is 12.8. The van der Waals surface area contributed by atoms with Gasteiger partial charge in [0.1, 0.15) is 12.3 Å². The Morgan fingerprint density at radius 1 is 1.15 bits per heavy atom. The van der Waals surface area contributed by atoms with Crippen molar-refractivity contribution in [3.63, 3.8) is 0 Å². The van der Waals surface area contributed by atoms with Crippen LogP contribution in [0.5, 0.6) is 0 Å². The zero-order valence-corrected chi connectivity index (χ0v) is 19.9. The minimum Gasteiger partial charge on any atom is -0.464 e. The van der Waals surface area contributed by atoms with Crippen LogP contribution in [0.25, 0.3) is 11.0 Å². The standard InChI is InChI=1S/C25H32N4O4/c1-16(2)10-11-29-23(25(31)33-5)22(28-21(30)15-32-4)20-12-19(14-27-24(20)29)26-13-18-8-6-17(3)7-9-18/h6-9,12,14,16,26H,10-11,13,15H2,1-5H3,(H,28,30). The van der Waals surface area contributed by atoms with Gasteiger partial charge in [0.25, 0.3) is 0 Å². The van der Waals surface area contributed by atoms with E-state index in [9.17, 15) is 9.59 Å². The topological polar surface area (TPSA) is 94.5 Å². The number of hydrogen-bond acceptors (Lipinski definition) is 6. The minimum atomic E-state index is -0.529. The Hall–Kier alpha value is -3.39. The molecule has 8 nitrogen and oxygen atoms in total. The molecule has 0 bridgehead atoms. The van der Waals surface area contributed by atoms with Crippen LogP contribution in [0.2, 0.25) is 0 Å². The molecule has 176 valence electrons. The first kappa shape index (κ1) is 24.3. The summed E-state index contributed by atoms with van der Waals surface area (Å²) in [4.78, 5) is 29.8. The number of nitrogens with zero attached hydrogens (tertiary/aromatic N) is 2. The summed E-state index contributed by atoms with van der Waals surface area (Å²) >= 11 is 0. The lowest BCUT2D eigenvalue weighted by Crippen LogP contribution is -2.20. The number of methoxy groups -OCH3 is 2. The number of amides is 1. The Bertz CT molecular complexity index is 1120. The third kappa shape index (κ3) is 5.90. The molecule has 2 aromatic heterocycles. The number of esters is 1. The summed E-state index contributed by atoms with van der Waals surface area (Å²) in [5.74, 6) is -0.461. The van der Waals surface area contributed by atoms with E-state index < -0.39 is 5.97 Å². The van der Waals surface area contributed by atoms with Crippen LogP contribution < -0.4 is 10.6 Å². The number of aromatic nitrogens is 2. The predicted molar refractivity (Wildman–Crippen MR) is 130 cm³/mol. The summed E-state index contributed by atoms with van der Waals surface area (Å²) in [6, 6.07) is 10.2. The van der Waals surface area contributed by atoms with Gasteiger partial charge in [0.2, 0.25) is 5.91 Å². The van der Waals surface area contributed by atoms with E-state index in [1.165, 1.54) is 19.8 Å². The summed E-state index contributed by atoms with van der Waals surface area (Å²) in [6.45, 7) is 7.35. The van der Waals surface area contributed by atoms with E-state index in [-0.39, 0.29) is 18.2 Å². The molecular weight excluding hydrogens is 420 g/mol. The molecule has 2 N–H and O–H groups in total. The Kier molecular flexibility index (Phi) is 8.06. The fraction of sp³-hybridized carbons (Fsp3) is 0.400.